The highest BCUT2D eigenvalue weighted by molar-refractivity contribution is 6.31. The Hall–Kier alpha value is -3.73. The molecule has 0 spiro atoms. The van der Waals surface area contributed by atoms with Crippen LogP contribution in [0.5, 0.6) is 5.75 Å². The number of hydrogen-bond donors (Lipinski definition) is 1. The Labute approximate surface area is 174 Å². The van der Waals surface area contributed by atoms with E-state index in [1.54, 1.807) is 31.2 Å². The molecule has 0 bridgehead atoms. The SMILES string of the molecule is C#CCOc1ccc2ccccc2c1/C=C(\C#N)C(=O)Nc1cccc(Cl)c1C. The molecular formula is C24H17ClN2O2. The minimum atomic E-state index is -0.534. The van der Waals surface area contributed by atoms with E-state index < -0.39 is 5.91 Å². The van der Waals surface area contributed by atoms with E-state index in [4.69, 9.17) is 22.8 Å². The summed E-state index contributed by atoms with van der Waals surface area (Å²) in [6, 6.07) is 18.5. The lowest BCUT2D eigenvalue weighted by Gasteiger charge is -2.12. The number of fused-ring (bicyclic) bond motifs is 1. The Balaban J connectivity index is 2.05. The van der Waals surface area contributed by atoms with Gasteiger partial charge in [-0.05, 0) is 47.5 Å². The predicted molar refractivity (Wildman–Crippen MR) is 117 cm³/mol. The number of nitriles is 1. The van der Waals surface area contributed by atoms with Gasteiger partial charge in [-0.1, -0.05) is 53.9 Å². The van der Waals surface area contributed by atoms with Gasteiger partial charge in [0, 0.05) is 16.3 Å². The van der Waals surface area contributed by atoms with Gasteiger partial charge in [0.25, 0.3) is 5.91 Å². The number of terminal acetylenes is 1. The van der Waals surface area contributed by atoms with Crippen LogP contribution in [0.25, 0.3) is 16.8 Å². The zero-order valence-electron chi connectivity index (χ0n) is 15.7. The first-order chi connectivity index (χ1) is 14.0. The highest BCUT2D eigenvalue weighted by atomic mass is 35.5. The molecule has 0 unspecified atom stereocenters. The Kier molecular flexibility index (Phi) is 6.19. The first kappa shape index (κ1) is 20.0. The maximum atomic E-state index is 12.8. The number of amides is 1. The quantitative estimate of drug-likeness (QED) is 0.356. The van der Waals surface area contributed by atoms with E-state index in [1.807, 2.05) is 36.4 Å². The second-order valence-corrected chi connectivity index (χ2v) is 6.63. The average Bonchev–Trinajstić information content (AvgIpc) is 2.74. The van der Waals surface area contributed by atoms with E-state index >= 15 is 0 Å². The van der Waals surface area contributed by atoms with E-state index in [-0.39, 0.29) is 12.2 Å². The summed E-state index contributed by atoms with van der Waals surface area (Å²) in [7, 11) is 0. The fourth-order valence-corrected chi connectivity index (χ4v) is 3.07. The third-order valence-electron chi connectivity index (χ3n) is 4.41. The van der Waals surface area contributed by atoms with Crippen molar-refractivity contribution in [1.82, 2.24) is 0 Å². The van der Waals surface area contributed by atoms with Crippen LogP contribution >= 0.6 is 11.6 Å². The molecule has 3 aromatic carbocycles. The van der Waals surface area contributed by atoms with E-state index in [0.717, 1.165) is 16.3 Å². The van der Waals surface area contributed by atoms with Gasteiger partial charge in [-0.15, -0.1) is 6.42 Å². The van der Waals surface area contributed by atoms with Gasteiger partial charge in [-0.2, -0.15) is 5.26 Å². The van der Waals surface area contributed by atoms with Gasteiger partial charge in [-0.3, -0.25) is 4.79 Å². The number of nitrogens with one attached hydrogen (secondary N) is 1. The first-order valence-corrected chi connectivity index (χ1v) is 9.19. The molecule has 0 heterocycles. The van der Waals surface area contributed by atoms with Crippen molar-refractivity contribution < 1.29 is 9.53 Å². The van der Waals surface area contributed by atoms with Crippen LogP contribution in [0.15, 0.2) is 60.2 Å². The molecule has 0 radical (unpaired) electrons. The standard InChI is InChI=1S/C24H17ClN2O2/c1-3-13-29-23-12-11-17-7-4-5-8-19(17)20(23)14-18(15-26)24(28)27-22-10-6-9-21(25)16(22)2/h1,4-12,14H,13H2,2H3,(H,27,28)/b18-14+. The molecule has 1 amide bonds. The number of ether oxygens (including phenoxy) is 1. The number of rotatable bonds is 5. The number of carbonyl (C=O) groups excluding carboxylic acids is 1. The molecule has 0 aromatic heterocycles. The summed E-state index contributed by atoms with van der Waals surface area (Å²) >= 11 is 6.11. The third-order valence-corrected chi connectivity index (χ3v) is 4.82. The number of halogens is 1. The minimum absolute atomic E-state index is 0.0636. The van der Waals surface area contributed by atoms with E-state index in [2.05, 4.69) is 11.2 Å². The summed E-state index contributed by atoms with van der Waals surface area (Å²) < 4.78 is 5.63. The Morgan fingerprint density at radius 1 is 1.21 bits per heavy atom. The monoisotopic (exact) mass is 400 g/mol. The van der Waals surface area contributed by atoms with Gasteiger partial charge in [0.1, 0.15) is 24.0 Å². The Morgan fingerprint density at radius 2 is 2.00 bits per heavy atom. The van der Waals surface area contributed by atoms with Crippen molar-refractivity contribution in [3.8, 4) is 24.2 Å². The smallest absolute Gasteiger partial charge is 0.266 e. The van der Waals surface area contributed by atoms with Crippen LogP contribution in [-0.4, -0.2) is 12.5 Å². The zero-order valence-corrected chi connectivity index (χ0v) is 16.5. The molecular weight excluding hydrogens is 384 g/mol. The van der Waals surface area contributed by atoms with Crippen LogP contribution in [0.3, 0.4) is 0 Å². The molecule has 4 nitrogen and oxygen atoms in total. The fourth-order valence-electron chi connectivity index (χ4n) is 2.90. The van der Waals surface area contributed by atoms with E-state index in [1.165, 1.54) is 6.08 Å². The van der Waals surface area contributed by atoms with Gasteiger partial charge in [0.15, 0.2) is 0 Å². The molecule has 0 saturated heterocycles. The molecule has 0 saturated carbocycles. The van der Waals surface area contributed by atoms with Crippen LogP contribution in [0.1, 0.15) is 11.1 Å². The molecule has 1 N–H and O–H groups in total. The molecule has 3 rings (SSSR count). The van der Waals surface area contributed by atoms with Gasteiger partial charge in [0.05, 0.1) is 0 Å². The second-order valence-electron chi connectivity index (χ2n) is 6.23. The Bertz CT molecular complexity index is 1200. The molecule has 3 aromatic rings. The molecule has 0 aliphatic rings. The van der Waals surface area contributed by atoms with Crippen LogP contribution in [-0.2, 0) is 4.79 Å². The molecule has 5 heteroatoms. The summed E-state index contributed by atoms with van der Waals surface area (Å²) in [5, 5.41) is 14.7. The van der Waals surface area contributed by atoms with Crippen molar-refractivity contribution in [2.45, 2.75) is 6.92 Å². The lowest BCUT2D eigenvalue weighted by molar-refractivity contribution is -0.112. The normalized spacial score (nSPS) is 10.8. The summed E-state index contributed by atoms with van der Waals surface area (Å²) in [6.45, 7) is 1.87. The lowest BCUT2D eigenvalue weighted by Crippen LogP contribution is -2.14. The second kappa shape index (κ2) is 8.97. The predicted octanol–water partition coefficient (Wildman–Crippen LogP) is 5.36. The Morgan fingerprint density at radius 3 is 2.76 bits per heavy atom. The van der Waals surface area contributed by atoms with Crippen LogP contribution < -0.4 is 10.1 Å². The van der Waals surface area contributed by atoms with Crippen LogP contribution in [0, 0.1) is 30.6 Å². The number of benzene rings is 3. The molecule has 0 aliphatic carbocycles. The summed E-state index contributed by atoms with van der Waals surface area (Å²) in [5.74, 6) is 2.39. The van der Waals surface area contributed by atoms with Gasteiger partial charge >= 0.3 is 0 Å². The highest BCUT2D eigenvalue weighted by Crippen LogP contribution is 2.31. The highest BCUT2D eigenvalue weighted by Gasteiger charge is 2.15. The van der Waals surface area contributed by atoms with E-state index in [9.17, 15) is 10.1 Å². The maximum absolute atomic E-state index is 12.8. The van der Waals surface area contributed by atoms with E-state index in [0.29, 0.717) is 22.0 Å². The first-order valence-electron chi connectivity index (χ1n) is 8.81. The van der Waals surface area contributed by atoms with Crippen LogP contribution in [0.2, 0.25) is 5.02 Å². The zero-order chi connectivity index (χ0) is 20.8. The van der Waals surface area contributed by atoms with Crippen molar-refractivity contribution in [3.05, 3.63) is 76.3 Å². The van der Waals surface area contributed by atoms with Crippen molar-refractivity contribution in [3.63, 3.8) is 0 Å². The number of hydrogen-bond acceptors (Lipinski definition) is 3. The van der Waals surface area contributed by atoms with Crippen molar-refractivity contribution >= 4 is 40.0 Å². The number of nitrogens with zero attached hydrogens (tertiary/aromatic N) is 1. The third kappa shape index (κ3) is 4.41. The van der Waals surface area contributed by atoms with Crippen LogP contribution in [0.4, 0.5) is 5.69 Å². The molecule has 0 fully saturated rings. The average molecular weight is 401 g/mol. The molecule has 29 heavy (non-hydrogen) atoms. The maximum Gasteiger partial charge on any atom is 0.266 e. The molecule has 0 atom stereocenters. The van der Waals surface area contributed by atoms with Gasteiger partial charge in [-0.25, -0.2) is 0 Å². The minimum Gasteiger partial charge on any atom is -0.480 e. The fraction of sp³-hybridized carbons (Fsp3) is 0.0833. The van der Waals surface area contributed by atoms with Crippen molar-refractivity contribution in [2.24, 2.45) is 0 Å². The number of anilines is 1. The topological polar surface area (TPSA) is 62.1 Å². The number of carbonyl (C=O) groups is 1. The lowest BCUT2D eigenvalue weighted by atomic mass is 10.0. The molecule has 142 valence electrons. The summed E-state index contributed by atoms with van der Waals surface area (Å²) in [6.07, 6.45) is 6.83. The summed E-state index contributed by atoms with van der Waals surface area (Å²) in [4.78, 5) is 12.8. The largest absolute Gasteiger partial charge is 0.480 e. The van der Waals surface area contributed by atoms with Crippen molar-refractivity contribution in [1.29, 1.82) is 5.26 Å². The van der Waals surface area contributed by atoms with Crippen molar-refractivity contribution in [2.75, 3.05) is 11.9 Å². The summed E-state index contributed by atoms with van der Waals surface area (Å²) in [5.41, 5.74) is 1.83. The van der Waals surface area contributed by atoms with Gasteiger partial charge in [0.2, 0.25) is 0 Å². The van der Waals surface area contributed by atoms with Gasteiger partial charge < -0.3 is 10.1 Å². The molecule has 0 aliphatic heterocycles.